The summed E-state index contributed by atoms with van der Waals surface area (Å²) in [5.74, 6) is 0.672. The molecule has 1 N–H and O–H groups in total. The number of furan rings is 1. The fourth-order valence-electron chi connectivity index (χ4n) is 1.00. The van der Waals surface area contributed by atoms with Crippen molar-refractivity contribution in [3.05, 3.63) is 24.2 Å². The molecule has 1 aromatic heterocycles. The van der Waals surface area contributed by atoms with Crippen molar-refractivity contribution in [3.8, 4) is 0 Å². The summed E-state index contributed by atoms with van der Waals surface area (Å²) in [5, 5.41) is 8.96. The monoisotopic (exact) mass is 170 g/mol. The molecule has 0 saturated heterocycles. The molecule has 0 radical (unpaired) electrons. The van der Waals surface area contributed by atoms with E-state index < -0.39 is 0 Å². The second kappa shape index (κ2) is 4.28. The van der Waals surface area contributed by atoms with E-state index >= 15 is 0 Å². The first kappa shape index (κ1) is 9.29. The zero-order chi connectivity index (χ0) is 8.97. The summed E-state index contributed by atoms with van der Waals surface area (Å²) in [5.41, 5.74) is 0. The van der Waals surface area contributed by atoms with E-state index in [2.05, 4.69) is 0 Å². The van der Waals surface area contributed by atoms with Crippen molar-refractivity contribution in [2.24, 2.45) is 0 Å². The lowest BCUT2D eigenvalue weighted by atomic mass is 10.3. The van der Waals surface area contributed by atoms with Crippen LogP contribution < -0.4 is 0 Å². The van der Waals surface area contributed by atoms with Crippen molar-refractivity contribution in [1.29, 1.82) is 0 Å². The number of rotatable bonds is 4. The first-order chi connectivity index (χ1) is 5.74. The minimum absolute atomic E-state index is 0.0499. The molecular formula is C9H14O3. The van der Waals surface area contributed by atoms with E-state index in [1.54, 1.807) is 18.4 Å². The quantitative estimate of drug-likeness (QED) is 0.748. The van der Waals surface area contributed by atoms with Gasteiger partial charge < -0.3 is 14.3 Å². The molecule has 1 heterocycles. The topological polar surface area (TPSA) is 42.6 Å². The minimum Gasteiger partial charge on any atom is -0.466 e. The number of aliphatic hydroxyl groups is 1. The Balaban J connectivity index is 2.57. The maximum absolute atomic E-state index is 8.96. The molecule has 12 heavy (non-hydrogen) atoms. The maximum Gasteiger partial charge on any atom is 0.138 e. The van der Waals surface area contributed by atoms with Crippen LogP contribution in [0.25, 0.3) is 0 Å². The highest BCUT2D eigenvalue weighted by molar-refractivity contribution is 5.02. The summed E-state index contributed by atoms with van der Waals surface area (Å²) in [6.45, 7) is 3.79. The van der Waals surface area contributed by atoms with E-state index in [-0.39, 0.29) is 18.8 Å². The third-order valence-electron chi connectivity index (χ3n) is 1.46. The van der Waals surface area contributed by atoms with Crippen LogP contribution in [-0.4, -0.2) is 17.8 Å². The lowest BCUT2D eigenvalue weighted by Crippen LogP contribution is -2.13. The van der Waals surface area contributed by atoms with Gasteiger partial charge in [0.25, 0.3) is 0 Å². The summed E-state index contributed by atoms with van der Waals surface area (Å²) < 4.78 is 10.5. The van der Waals surface area contributed by atoms with Gasteiger partial charge in [-0.25, -0.2) is 0 Å². The van der Waals surface area contributed by atoms with Crippen LogP contribution in [0.4, 0.5) is 0 Å². The van der Waals surface area contributed by atoms with Crippen LogP contribution in [0.2, 0.25) is 0 Å². The molecule has 0 spiro atoms. The molecule has 1 aromatic rings. The number of ether oxygens (including phenoxy) is 1. The fraction of sp³-hybridized carbons (Fsp3) is 0.556. The van der Waals surface area contributed by atoms with Crippen LogP contribution in [-0.2, 0) is 4.74 Å². The normalized spacial score (nSPS) is 13.7. The molecule has 0 saturated carbocycles. The highest BCUT2D eigenvalue weighted by atomic mass is 16.5. The maximum atomic E-state index is 8.96. The third-order valence-corrected chi connectivity index (χ3v) is 1.46. The zero-order valence-electron chi connectivity index (χ0n) is 7.36. The van der Waals surface area contributed by atoms with Gasteiger partial charge in [0.1, 0.15) is 11.9 Å². The Morgan fingerprint density at radius 2 is 2.33 bits per heavy atom. The number of hydrogen-bond acceptors (Lipinski definition) is 3. The van der Waals surface area contributed by atoms with Gasteiger partial charge in [-0.05, 0) is 26.0 Å². The van der Waals surface area contributed by atoms with Gasteiger partial charge in [-0.2, -0.15) is 0 Å². The molecule has 3 nitrogen and oxygen atoms in total. The molecule has 0 amide bonds. The molecule has 0 aromatic carbocycles. The average Bonchev–Trinajstić information content (AvgIpc) is 2.51. The Bertz CT molecular complexity index is 204. The highest BCUT2D eigenvalue weighted by Gasteiger charge is 2.14. The van der Waals surface area contributed by atoms with E-state index in [9.17, 15) is 0 Å². The average molecular weight is 170 g/mol. The van der Waals surface area contributed by atoms with Crippen molar-refractivity contribution in [2.45, 2.75) is 26.1 Å². The Morgan fingerprint density at radius 3 is 2.75 bits per heavy atom. The van der Waals surface area contributed by atoms with Crippen molar-refractivity contribution in [2.75, 3.05) is 6.61 Å². The van der Waals surface area contributed by atoms with Crippen LogP contribution in [0.15, 0.2) is 22.8 Å². The molecule has 0 bridgehead atoms. The van der Waals surface area contributed by atoms with Crippen molar-refractivity contribution >= 4 is 0 Å². The molecule has 1 unspecified atom stereocenters. The van der Waals surface area contributed by atoms with Crippen molar-refractivity contribution in [3.63, 3.8) is 0 Å². The molecule has 1 atom stereocenters. The van der Waals surface area contributed by atoms with Gasteiger partial charge in [0.05, 0.1) is 19.0 Å². The van der Waals surface area contributed by atoms with Crippen LogP contribution in [0.1, 0.15) is 25.7 Å². The van der Waals surface area contributed by atoms with Crippen LogP contribution in [0, 0.1) is 0 Å². The van der Waals surface area contributed by atoms with E-state index in [0.29, 0.717) is 5.76 Å². The smallest absolute Gasteiger partial charge is 0.138 e. The Morgan fingerprint density at radius 1 is 1.58 bits per heavy atom. The van der Waals surface area contributed by atoms with Gasteiger partial charge in [-0.15, -0.1) is 0 Å². The predicted octanol–water partition coefficient (Wildman–Crippen LogP) is 1.74. The minimum atomic E-state index is -0.333. The molecule has 0 fully saturated rings. The summed E-state index contributed by atoms with van der Waals surface area (Å²) in [7, 11) is 0. The first-order valence-corrected chi connectivity index (χ1v) is 4.03. The van der Waals surface area contributed by atoms with Gasteiger partial charge >= 0.3 is 0 Å². The molecule has 0 aliphatic carbocycles. The third kappa shape index (κ3) is 2.36. The van der Waals surface area contributed by atoms with Gasteiger partial charge in [0, 0.05) is 0 Å². The van der Waals surface area contributed by atoms with Crippen LogP contribution in [0.5, 0.6) is 0 Å². The second-order valence-electron chi connectivity index (χ2n) is 2.87. The summed E-state index contributed by atoms with van der Waals surface area (Å²) in [4.78, 5) is 0. The van der Waals surface area contributed by atoms with Crippen LogP contribution >= 0.6 is 0 Å². The lowest BCUT2D eigenvalue weighted by Gasteiger charge is -2.15. The standard InChI is InChI=1S/C9H14O3/c1-7(2)12-9(6-10)8-4-3-5-11-8/h3-5,7,9-10H,6H2,1-2H3. The first-order valence-electron chi connectivity index (χ1n) is 4.03. The molecule has 1 rings (SSSR count). The number of hydrogen-bond donors (Lipinski definition) is 1. The Hall–Kier alpha value is -0.800. The highest BCUT2D eigenvalue weighted by Crippen LogP contribution is 2.18. The van der Waals surface area contributed by atoms with Crippen LogP contribution in [0.3, 0.4) is 0 Å². The predicted molar refractivity (Wildman–Crippen MR) is 44.8 cm³/mol. The largest absolute Gasteiger partial charge is 0.466 e. The molecular weight excluding hydrogens is 156 g/mol. The number of aliphatic hydroxyl groups excluding tert-OH is 1. The van der Waals surface area contributed by atoms with Gasteiger partial charge in [0.15, 0.2) is 0 Å². The Kier molecular flexibility index (Phi) is 3.31. The molecule has 0 aliphatic heterocycles. The van der Waals surface area contributed by atoms with E-state index in [0.717, 1.165) is 0 Å². The van der Waals surface area contributed by atoms with E-state index in [1.807, 2.05) is 13.8 Å². The molecule has 68 valence electrons. The van der Waals surface area contributed by atoms with E-state index in [1.165, 1.54) is 0 Å². The summed E-state index contributed by atoms with van der Waals surface area (Å²) in [6.07, 6.45) is 1.33. The fourth-order valence-corrected chi connectivity index (χ4v) is 1.00. The SMILES string of the molecule is CC(C)OC(CO)c1ccco1. The zero-order valence-corrected chi connectivity index (χ0v) is 7.36. The second-order valence-corrected chi connectivity index (χ2v) is 2.87. The molecule has 3 heteroatoms. The van der Waals surface area contributed by atoms with Gasteiger partial charge in [-0.1, -0.05) is 0 Å². The summed E-state index contributed by atoms with van der Waals surface area (Å²) in [6, 6.07) is 3.57. The van der Waals surface area contributed by atoms with Gasteiger partial charge in [-0.3, -0.25) is 0 Å². The van der Waals surface area contributed by atoms with E-state index in [4.69, 9.17) is 14.3 Å². The van der Waals surface area contributed by atoms with Crippen molar-refractivity contribution in [1.82, 2.24) is 0 Å². The summed E-state index contributed by atoms with van der Waals surface area (Å²) >= 11 is 0. The van der Waals surface area contributed by atoms with Gasteiger partial charge in [0.2, 0.25) is 0 Å². The Labute approximate surface area is 72.0 Å². The molecule has 0 aliphatic rings. The lowest BCUT2D eigenvalue weighted by molar-refractivity contribution is -0.0356. The van der Waals surface area contributed by atoms with Crippen molar-refractivity contribution < 1.29 is 14.3 Å².